The summed E-state index contributed by atoms with van der Waals surface area (Å²) in [6.07, 6.45) is 0. The van der Waals surface area contributed by atoms with E-state index in [0.717, 1.165) is 21.5 Å². The third kappa shape index (κ3) is 4.36. The third-order valence-corrected chi connectivity index (χ3v) is 7.37. The smallest absolute Gasteiger partial charge is 0.325 e. The Kier molecular flexibility index (Phi) is 6.47. The van der Waals surface area contributed by atoms with E-state index in [9.17, 15) is 14.4 Å². The van der Waals surface area contributed by atoms with Gasteiger partial charge < -0.3 is 5.32 Å². The van der Waals surface area contributed by atoms with Crippen LogP contribution in [0.5, 0.6) is 0 Å². The summed E-state index contributed by atoms with van der Waals surface area (Å²) in [6, 6.07) is 8.03. The van der Waals surface area contributed by atoms with E-state index >= 15 is 0 Å². The van der Waals surface area contributed by atoms with Crippen LogP contribution in [-0.4, -0.2) is 63.9 Å². The third-order valence-electron chi connectivity index (χ3n) is 4.73. The predicted molar refractivity (Wildman–Crippen MR) is 129 cm³/mol. The molecule has 4 amide bonds. The van der Waals surface area contributed by atoms with Gasteiger partial charge in [0.1, 0.15) is 5.04 Å². The molecule has 0 saturated heterocycles. The van der Waals surface area contributed by atoms with Crippen LogP contribution in [0.2, 0.25) is 10.0 Å². The van der Waals surface area contributed by atoms with Crippen LogP contribution in [0.25, 0.3) is 0 Å². The average molecular weight is 509 g/mol. The number of amidine groups is 2. The van der Waals surface area contributed by atoms with Crippen molar-refractivity contribution >= 4 is 86.5 Å². The number of imide groups is 1. The minimum atomic E-state index is -0.853. The molecule has 8 nitrogen and oxygen atoms in total. The number of nitrogens with one attached hydrogen (secondary N) is 1. The highest BCUT2D eigenvalue weighted by Gasteiger charge is 2.49. The Morgan fingerprint density at radius 2 is 2.03 bits per heavy atom. The number of aliphatic imine (C=N–C) groups is 2. The highest BCUT2D eigenvalue weighted by Crippen LogP contribution is 2.28. The number of halogens is 2. The van der Waals surface area contributed by atoms with Crippen LogP contribution < -0.4 is 5.32 Å². The standard InChI is InChI=1S/C20H15Cl2N5O3S2/c1-26-17-15(19(29)27(2)20(26)30)18(25-16(24-17)13-4-3-7-31-13)32-9-14(28)23-10-5-6-11(21)12(22)8-10/h3-8,15H,9H2,1-2H3/p+1. The monoisotopic (exact) mass is 508 g/mol. The molecular formula is C20H16Cl2N5O3S2+. The van der Waals surface area contributed by atoms with Crippen molar-refractivity contribution in [3.63, 3.8) is 0 Å². The average Bonchev–Trinajstić information content (AvgIpc) is 3.31. The van der Waals surface area contributed by atoms with Crippen molar-refractivity contribution in [1.82, 2.24) is 4.90 Å². The zero-order valence-electron chi connectivity index (χ0n) is 16.8. The zero-order valence-corrected chi connectivity index (χ0v) is 20.0. The van der Waals surface area contributed by atoms with Crippen molar-refractivity contribution in [2.45, 2.75) is 0 Å². The first kappa shape index (κ1) is 22.7. The lowest BCUT2D eigenvalue weighted by Gasteiger charge is -2.26. The molecule has 2 aliphatic rings. The van der Waals surface area contributed by atoms with Crippen LogP contribution in [0, 0.1) is 5.92 Å². The second-order valence-corrected chi connectivity index (χ2v) is 9.62. The summed E-state index contributed by atoms with van der Waals surface area (Å²) in [4.78, 5) is 48.7. The molecule has 12 heteroatoms. The molecule has 1 aromatic carbocycles. The van der Waals surface area contributed by atoms with Crippen molar-refractivity contribution in [2.24, 2.45) is 15.9 Å². The number of hydrogen-bond donors (Lipinski definition) is 1. The van der Waals surface area contributed by atoms with Crippen LogP contribution in [0.15, 0.2) is 45.7 Å². The van der Waals surface area contributed by atoms with E-state index in [0.29, 0.717) is 32.4 Å². The summed E-state index contributed by atoms with van der Waals surface area (Å²) >= 11 is 14.5. The first-order valence-corrected chi connectivity index (χ1v) is 11.9. The van der Waals surface area contributed by atoms with Crippen LogP contribution in [0.4, 0.5) is 10.5 Å². The first-order chi connectivity index (χ1) is 15.3. The first-order valence-electron chi connectivity index (χ1n) is 9.27. The lowest BCUT2D eigenvalue weighted by atomic mass is 10.0. The topological polar surface area (TPSA) is 94.2 Å². The van der Waals surface area contributed by atoms with Gasteiger partial charge in [0, 0.05) is 5.69 Å². The summed E-state index contributed by atoms with van der Waals surface area (Å²) in [5.41, 5.74) is 0.502. The Balaban J connectivity index is 1.60. The van der Waals surface area contributed by atoms with Crippen molar-refractivity contribution in [3.8, 4) is 0 Å². The van der Waals surface area contributed by atoms with E-state index in [1.807, 2.05) is 17.5 Å². The van der Waals surface area contributed by atoms with Gasteiger partial charge in [0.2, 0.25) is 11.7 Å². The molecule has 3 heterocycles. The van der Waals surface area contributed by atoms with Crippen molar-refractivity contribution < 1.29 is 19.0 Å². The second kappa shape index (κ2) is 9.14. The summed E-state index contributed by atoms with van der Waals surface area (Å²) < 4.78 is 1.34. The Bertz CT molecular complexity index is 1220. The van der Waals surface area contributed by atoms with E-state index in [1.165, 1.54) is 23.0 Å². The van der Waals surface area contributed by atoms with Gasteiger partial charge in [-0.2, -0.15) is 9.48 Å². The molecule has 32 heavy (non-hydrogen) atoms. The minimum absolute atomic E-state index is 0.00473. The van der Waals surface area contributed by atoms with E-state index < -0.39 is 17.9 Å². The molecule has 1 atom stereocenters. The highest BCUT2D eigenvalue weighted by atomic mass is 35.5. The zero-order chi connectivity index (χ0) is 23.0. The fourth-order valence-corrected chi connectivity index (χ4v) is 4.95. The number of thioether (sulfide) groups is 1. The number of amides is 4. The quantitative estimate of drug-likeness (QED) is 0.634. The van der Waals surface area contributed by atoms with Gasteiger partial charge in [-0.1, -0.05) is 46.0 Å². The summed E-state index contributed by atoms with van der Waals surface area (Å²) in [5, 5.41) is 5.74. The molecule has 2 aromatic rings. The number of thiophene rings is 1. The van der Waals surface area contributed by atoms with Gasteiger partial charge in [0.15, 0.2) is 5.92 Å². The van der Waals surface area contributed by atoms with E-state index in [-0.39, 0.29) is 11.7 Å². The van der Waals surface area contributed by atoms with E-state index in [2.05, 4.69) is 15.3 Å². The number of rotatable bonds is 4. The van der Waals surface area contributed by atoms with E-state index in [1.54, 1.807) is 25.2 Å². The number of fused-ring (bicyclic) bond motifs is 1. The van der Waals surface area contributed by atoms with Gasteiger partial charge >= 0.3 is 11.9 Å². The molecular weight excluding hydrogens is 493 g/mol. The van der Waals surface area contributed by atoms with Crippen LogP contribution in [-0.2, 0) is 9.59 Å². The fraction of sp³-hybridized carbons (Fsp3) is 0.200. The van der Waals surface area contributed by atoms with Gasteiger partial charge in [-0.05, 0) is 29.6 Å². The van der Waals surface area contributed by atoms with Gasteiger partial charge in [-0.3, -0.25) is 9.59 Å². The maximum absolute atomic E-state index is 12.9. The molecule has 0 radical (unpaired) electrons. The number of hydrogen-bond acceptors (Lipinski definition) is 7. The SMILES string of the molecule is CN1C(=O)C2C(SCC(=O)Nc3ccc(Cl)c(Cl)c3)=NC(c3cccs3)=NC2=[N+](C)C1=O. The van der Waals surface area contributed by atoms with E-state index in [4.69, 9.17) is 23.2 Å². The van der Waals surface area contributed by atoms with Crippen molar-refractivity contribution in [3.05, 3.63) is 50.6 Å². The predicted octanol–water partition coefficient (Wildman–Crippen LogP) is 3.83. The van der Waals surface area contributed by atoms with Crippen molar-refractivity contribution in [1.29, 1.82) is 0 Å². The normalized spacial score (nSPS) is 18.4. The van der Waals surface area contributed by atoms with Gasteiger partial charge in [-0.25, -0.2) is 9.79 Å². The second-order valence-electron chi connectivity index (χ2n) is 6.86. The highest BCUT2D eigenvalue weighted by molar-refractivity contribution is 8.14. The number of carbonyl (C=O) groups is 3. The molecule has 0 saturated carbocycles. The number of carbonyl (C=O) groups excluding carboxylic acids is 3. The number of urea groups is 1. The van der Waals surface area contributed by atoms with Crippen LogP contribution in [0.3, 0.4) is 0 Å². The maximum atomic E-state index is 12.9. The van der Waals surface area contributed by atoms with Crippen LogP contribution >= 0.6 is 46.3 Å². The fourth-order valence-electron chi connectivity index (χ4n) is 3.12. The van der Waals surface area contributed by atoms with Gasteiger partial charge in [0.25, 0.3) is 5.84 Å². The van der Waals surface area contributed by atoms with Crippen molar-refractivity contribution in [2.75, 3.05) is 25.2 Å². The molecule has 4 rings (SSSR count). The molecule has 0 aliphatic carbocycles. The minimum Gasteiger partial charge on any atom is -0.325 e. The molecule has 1 aromatic heterocycles. The number of nitrogens with zero attached hydrogens (tertiary/aromatic N) is 4. The molecule has 1 N–H and O–H groups in total. The number of benzene rings is 1. The maximum Gasteiger partial charge on any atom is 0.445 e. The number of anilines is 1. The lowest BCUT2D eigenvalue weighted by molar-refractivity contribution is -0.407. The van der Waals surface area contributed by atoms with Gasteiger partial charge in [0.05, 0.1) is 34.8 Å². The molecule has 1 unspecified atom stereocenters. The Labute approximate surface area is 201 Å². The Hall–Kier alpha value is -2.53. The summed E-state index contributed by atoms with van der Waals surface area (Å²) in [7, 11) is 2.98. The molecule has 164 valence electrons. The molecule has 0 fully saturated rings. The Morgan fingerprint density at radius 1 is 1.25 bits per heavy atom. The summed E-state index contributed by atoms with van der Waals surface area (Å²) in [5.74, 6) is -0.907. The van der Waals surface area contributed by atoms with Gasteiger partial charge in [-0.15, -0.1) is 11.3 Å². The molecule has 2 aliphatic heterocycles. The summed E-state index contributed by atoms with van der Waals surface area (Å²) in [6.45, 7) is 0. The Morgan fingerprint density at radius 3 is 2.72 bits per heavy atom. The largest absolute Gasteiger partial charge is 0.445 e. The molecule has 0 spiro atoms. The molecule has 0 bridgehead atoms. The lowest BCUT2D eigenvalue weighted by Crippen LogP contribution is -2.54. The van der Waals surface area contributed by atoms with Crippen LogP contribution in [0.1, 0.15) is 4.88 Å².